The topological polar surface area (TPSA) is 55.8 Å². The van der Waals surface area contributed by atoms with Crippen LogP contribution in [0.15, 0.2) is 40.7 Å². The Hall–Kier alpha value is -2.48. The van der Waals surface area contributed by atoms with E-state index in [1.165, 1.54) is 13.2 Å². The van der Waals surface area contributed by atoms with Crippen molar-refractivity contribution in [2.75, 3.05) is 7.11 Å². The zero-order valence-corrected chi connectivity index (χ0v) is 17.5. The van der Waals surface area contributed by atoms with Gasteiger partial charge in [0.05, 0.1) is 28.8 Å². The van der Waals surface area contributed by atoms with E-state index in [0.717, 1.165) is 30.7 Å². The number of rotatable bonds is 5. The van der Waals surface area contributed by atoms with Crippen molar-refractivity contribution in [2.24, 2.45) is 0 Å². The van der Waals surface area contributed by atoms with Gasteiger partial charge in [-0.3, -0.25) is 0 Å². The summed E-state index contributed by atoms with van der Waals surface area (Å²) in [4.78, 5) is 26.9. The lowest BCUT2D eigenvalue weighted by atomic mass is 9.96. The van der Waals surface area contributed by atoms with Crippen LogP contribution in [0.1, 0.15) is 44.2 Å². The average Bonchev–Trinajstić information content (AvgIpc) is 3.51. The summed E-state index contributed by atoms with van der Waals surface area (Å²) in [7, 11) is 1.27. The lowest BCUT2D eigenvalue weighted by Crippen LogP contribution is -2.32. The number of hydrogen-bond donors (Lipinski definition) is 0. The monoisotopic (exact) mass is 443 g/mol. The van der Waals surface area contributed by atoms with Crippen LogP contribution in [0.2, 0.25) is 5.02 Å². The molecule has 0 unspecified atom stereocenters. The van der Waals surface area contributed by atoms with Gasteiger partial charge in [-0.1, -0.05) is 17.7 Å². The van der Waals surface area contributed by atoms with E-state index in [4.69, 9.17) is 21.1 Å². The first-order valence-electron chi connectivity index (χ1n) is 9.34. The number of ether oxygens (including phenoxy) is 2. The molecule has 0 N–H and O–H groups in total. The maximum atomic E-state index is 13.0. The van der Waals surface area contributed by atoms with Gasteiger partial charge in [0, 0.05) is 23.9 Å². The molecule has 30 heavy (non-hydrogen) atoms. The molecule has 1 aliphatic carbocycles. The standard InChI is InChI=1S/C21H21ClF3NO4/c1-11-15(19(27)29-3)9-16(12(2)26(11)14-5-6-14)20(28)30-10-13-4-7-18(22)17(8-13)21(23,24)25/h4,7-8,14H,5-6,9-10H2,1-3H3. The SMILES string of the molecule is COC(=O)C1=C(C)N(C2CC2)C(C)=C(C(=O)OCc2ccc(Cl)c(C(F)(F)F)c2)C1. The summed E-state index contributed by atoms with van der Waals surface area (Å²) in [5.41, 5.74) is 1.25. The number of halogens is 4. The van der Waals surface area contributed by atoms with E-state index in [0.29, 0.717) is 11.3 Å². The Morgan fingerprint density at radius 3 is 2.27 bits per heavy atom. The first kappa shape index (κ1) is 22.2. The van der Waals surface area contributed by atoms with Crippen molar-refractivity contribution in [3.63, 3.8) is 0 Å². The Balaban J connectivity index is 1.80. The van der Waals surface area contributed by atoms with Crippen molar-refractivity contribution < 1.29 is 32.2 Å². The maximum absolute atomic E-state index is 13.0. The number of methoxy groups -OCH3 is 1. The molecule has 1 aromatic rings. The molecule has 2 aliphatic rings. The number of allylic oxidation sites excluding steroid dienone is 2. The Labute approximate surface area is 177 Å². The highest BCUT2D eigenvalue weighted by Gasteiger charge is 2.38. The van der Waals surface area contributed by atoms with Gasteiger partial charge in [0.1, 0.15) is 6.61 Å². The lowest BCUT2D eigenvalue weighted by molar-refractivity contribution is -0.140. The van der Waals surface area contributed by atoms with Crippen molar-refractivity contribution >= 4 is 23.5 Å². The molecule has 0 aromatic heterocycles. The third-order valence-corrected chi connectivity index (χ3v) is 5.58. The number of alkyl halides is 3. The van der Waals surface area contributed by atoms with Crippen LogP contribution in [0, 0.1) is 0 Å². The quantitative estimate of drug-likeness (QED) is 0.600. The van der Waals surface area contributed by atoms with Crippen molar-refractivity contribution in [3.8, 4) is 0 Å². The van der Waals surface area contributed by atoms with Crippen LogP contribution in [0.3, 0.4) is 0 Å². The normalized spacial score (nSPS) is 17.4. The van der Waals surface area contributed by atoms with Crippen molar-refractivity contribution in [1.82, 2.24) is 4.90 Å². The fourth-order valence-corrected chi connectivity index (χ4v) is 3.76. The lowest BCUT2D eigenvalue weighted by Gasteiger charge is -2.33. The predicted octanol–water partition coefficient (Wildman–Crippen LogP) is 4.99. The van der Waals surface area contributed by atoms with Crippen LogP contribution in [0.25, 0.3) is 0 Å². The van der Waals surface area contributed by atoms with Crippen LogP contribution in [-0.2, 0) is 31.8 Å². The minimum atomic E-state index is -4.61. The van der Waals surface area contributed by atoms with Gasteiger partial charge in [-0.05, 0) is 44.4 Å². The second kappa shape index (κ2) is 8.34. The Bertz CT molecular complexity index is 948. The molecule has 1 aromatic carbocycles. The molecule has 5 nitrogen and oxygen atoms in total. The molecule has 0 saturated heterocycles. The molecule has 1 aliphatic heterocycles. The summed E-state index contributed by atoms with van der Waals surface area (Å²) in [5, 5.41) is -0.424. The molecule has 0 atom stereocenters. The fraction of sp³-hybridized carbons (Fsp3) is 0.429. The Kier molecular flexibility index (Phi) is 6.17. The first-order valence-corrected chi connectivity index (χ1v) is 9.72. The molecule has 0 amide bonds. The Morgan fingerprint density at radius 1 is 1.13 bits per heavy atom. The summed E-state index contributed by atoms with van der Waals surface area (Å²) in [6.45, 7) is 3.23. The minimum Gasteiger partial charge on any atom is -0.466 e. The summed E-state index contributed by atoms with van der Waals surface area (Å²) < 4.78 is 49.2. The maximum Gasteiger partial charge on any atom is 0.417 e. The molecule has 1 heterocycles. The third kappa shape index (κ3) is 4.48. The van der Waals surface area contributed by atoms with Crippen LogP contribution in [0.4, 0.5) is 13.2 Å². The van der Waals surface area contributed by atoms with E-state index in [1.54, 1.807) is 6.92 Å². The van der Waals surface area contributed by atoms with Crippen LogP contribution >= 0.6 is 11.6 Å². The Morgan fingerprint density at radius 2 is 1.73 bits per heavy atom. The van der Waals surface area contributed by atoms with Gasteiger partial charge in [0.15, 0.2) is 0 Å². The summed E-state index contributed by atoms with van der Waals surface area (Å²) in [5.74, 6) is -1.21. The molecular formula is C21H21ClF3NO4. The molecule has 3 rings (SSSR count). The van der Waals surface area contributed by atoms with E-state index in [1.807, 2.05) is 11.8 Å². The van der Waals surface area contributed by atoms with E-state index in [2.05, 4.69) is 0 Å². The molecule has 0 radical (unpaired) electrons. The fourth-order valence-electron chi connectivity index (χ4n) is 3.53. The highest BCUT2D eigenvalue weighted by Crippen LogP contribution is 2.40. The van der Waals surface area contributed by atoms with Gasteiger partial charge >= 0.3 is 18.1 Å². The molecule has 9 heteroatoms. The van der Waals surface area contributed by atoms with Crippen LogP contribution in [-0.4, -0.2) is 30.0 Å². The van der Waals surface area contributed by atoms with Crippen molar-refractivity contribution in [3.05, 3.63) is 56.9 Å². The zero-order valence-electron chi connectivity index (χ0n) is 16.7. The highest BCUT2D eigenvalue weighted by atomic mass is 35.5. The van der Waals surface area contributed by atoms with Crippen molar-refractivity contribution in [1.29, 1.82) is 0 Å². The number of esters is 2. The predicted molar refractivity (Wildman–Crippen MR) is 103 cm³/mol. The van der Waals surface area contributed by atoms with Gasteiger partial charge in [0.2, 0.25) is 0 Å². The van der Waals surface area contributed by atoms with Crippen molar-refractivity contribution in [2.45, 2.75) is 51.9 Å². The van der Waals surface area contributed by atoms with E-state index < -0.39 is 28.7 Å². The number of hydrogen-bond acceptors (Lipinski definition) is 5. The molecule has 0 bridgehead atoms. The smallest absolute Gasteiger partial charge is 0.417 e. The van der Waals surface area contributed by atoms with E-state index >= 15 is 0 Å². The number of benzene rings is 1. The average molecular weight is 444 g/mol. The molecule has 162 valence electrons. The van der Waals surface area contributed by atoms with Crippen LogP contribution < -0.4 is 0 Å². The zero-order chi connectivity index (χ0) is 22.2. The number of carbonyl (C=O) groups excluding carboxylic acids is 2. The summed E-state index contributed by atoms with van der Waals surface area (Å²) in [6.07, 6.45) is -2.68. The number of carbonyl (C=O) groups is 2. The highest BCUT2D eigenvalue weighted by molar-refractivity contribution is 6.31. The van der Waals surface area contributed by atoms with Gasteiger partial charge in [-0.2, -0.15) is 13.2 Å². The third-order valence-electron chi connectivity index (χ3n) is 5.25. The first-order chi connectivity index (χ1) is 14.0. The van der Waals surface area contributed by atoms with Gasteiger partial charge in [-0.15, -0.1) is 0 Å². The second-order valence-corrected chi connectivity index (χ2v) is 7.69. The summed E-state index contributed by atoms with van der Waals surface area (Å²) in [6, 6.07) is 3.55. The second-order valence-electron chi connectivity index (χ2n) is 7.29. The molecule has 1 saturated carbocycles. The number of nitrogens with zero attached hydrogens (tertiary/aromatic N) is 1. The van der Waals surface area contributed by atoms with Gasteiger partial charge < -0.3 is 14.4 Å². The van der Waals surface area contributed by atoms with Gasteiger partial charge in [0.25, 0.3) is 0 Å². The minimum absolute atomic E-state index is 0.0425. The van der Waals surface area contributed by atoms with Gasteiger partial charge in [-0.25, -0.2) is 9.59 Å². The molecule has 0 spiro atoms. The molecule has 1 fully saturated rings. The molecular weight excluding hydrogens is 423 g/mol. The summed E-state index contributed by atoms with van der Waals surface area (Å²) >= 11 is 5.62. The van der Waals surface area contributed by atoms with E-state index in [9.17, 15) is 22.8 Å². The largest absolute Gasteiger partial charge is 0.466 e. The van der Waals surface area contributed by atoms with Crippen LogP contribution in [0.5, 0.6) is 0 Å². The van der Waals surface area contributed by atoms with E-state index in [-0.39, 0.29) is 30.2 Å².